The maximum Gasteiger partial charge on any atom is 0.220 e. The lowest BCUT2D eigenvalue weighted by atomic mass is 10.2. The van der Waals surface area contributed by atoms with Crippen LogP contribution in [0, 0.1) is 0 Å². The second-order valence-electron chi connectivity index (χ2n) is 6.39. The zero-order chi connectivity index (χ0) is 18.2. The van der Waals surface area contributed by atoms with Crippen molar-refractivity contribution >= 4 is 17.5 Å². The van der Waals surface area contributed by atoms with E-state index in [1.807, 2.05) is 24.3 Å². The van der Waals surface area contributed by atoms with Crippen molar-refractivity contribution in [2.45, 2.75) is 19.3 Å². The summed E-state index contributed by atoms with van der Waals surface area (Å²) in [5, 5.41) is 6.93. The Hall–Kier alpha value is -1.89. The van der Waals surface area contributed by atoms with Crippen LogP contribution >= 0.6 is 11.6 Å². The number of carbonyl (C=O) groups is 1. The van der Waals surface area contributed by atoms with Crippen molar-refractivity contribution in [3.8, 4) is 11.3 Å². The quantitative estimate of drug-likeness (QED) is 0.692. The number of nitrogens with zero attached hydrogens (tertiary/aromatic N) is 2. The van der Waals surface area contributed by atoms with Crippen molar-refractivity contribution in [3.63, 3.8) is 0 Å². The van der Waals surface area contributed by atoms with E-state index in [2.05, 4.69) is 20.5 Å². The number of nitrogens with one attached hydrogen (secondary N) is 2. The van der Waals surface area contributed by atoms with Crippen molar-refractivity contribution in [2.75, 3.05) is 39.3 Å². The van der Waals surface area contributed by atoms with E-state index in [0.29, 0.717) is 36.1 Å². The number of halogens is 1. The average molecular weight is 377 g/mol. The molecule has 1 aliphatic rings. The van der Waals surface area contributed by atoms with Crippen molar-refractivity contribution < 1.29 is 9.21 Å². The molecule has 0 unspecified atom stereocenters. The van der Waals surface area contributed by atoms with E-state index in [9.17, 15) is 4.79 Å². The van der Waals surface area contributed by atoms with Crippen molar-refractivity contribution in [1.29, 1.82) is 0 Å². The molecule has 2 aromatic rings. The van der Waals surface area contributed by atoms with Crippen LogP contribution in [0.1, 0.15) is 18.7 Å². The summed E-state index contributed by atoms with van der Waals surface area (Å²) in [6.07, 6.45) is 3.48. The van der Waals surface area contributed by atoms with Gasteiger partial charge in [0.1, 0.15) is 0 Å². The van der Waals surface area contributed by atoms with Gasteiger partial charge in [-0.15, -0.1) is 0 Å². The Balaban J connectivity index is 1.36. The summed E-state index contributed by atoms with van der Waals surface area (Å²) >= 11 is 6.16. The molecule has 0 aliphatic carbocycles. The van der Waals surface area contributed by atoms with E-state index < -0.39 is 0 Å². The zero-order valence-electron chi connectivity index (χ0n) is 14.8. The first-order valence-electron chi connectivity index (χ1n) is 9.12. The Labute approximate surface area is 158 Å². The van der Waals surface area contributed by atoms with Gasteiger partial charge in [0.2, 0.25) is 5.91 Å². The fourth-order valence-corrected chi connectivity index (χ4v) is 3.21. The SMILES string of the molecule is O=C(CCc1ncc(-c2ccccc2Cl)o1)NCCCN1CCNCC1. The molecule has 0 saturated carbocycles. The molecule has 2 N–H and O–H groups in total. The minimum Gasteiger partial charge on any atom is -0.441 e. The number of rotatable bonds is 8. The summed E-state index contributed by atoms with van der Waals surface area (Å²) in [6.45, 7) is 6.03. The summed E-state index contributed by atoms with van der Waals surface area (Å²) < 4.78 is 5.72. The third kappa shape index (κ3) is 5.56. The van der Waals surface area contributed by atoms with E-state index >= 15 is 0 Å². The van der Waals surface area contributed by atoms with Crippen molar-refractivity contribution in [2.24, 2.45) is 0 Å². The van der Waals surface area contributed by atoms with Crippen LogP contribution in [0.4, 0.5) is 0 Å². The van der Waals surface area contributed by atoms with Crippen molar-refractivity contribution in [1.82, 2.24) is 20.5 Å². The highest BCUT2D eigenvalue weighted by Gasteiger charge is 2.11. The molecule has 0 radical (unpaired) electrons. The molecule has 1 aromatic carbocycles. The van der Waals surface area contributed by atoms with Gasteiger partial charge < -0.3 is 20.0 Å². The van der Waals surface area contributed by atoms with E-state index in [1.54, 1.807) is 6.20 Å². The van der Waals surface area contributed by atoms with E-state index in [1.165, 1.54) is 0 Å². The van der Waals surface area contributed by atoms with Crippen LogP contribution in [0.5, 0.6) is 0 Å². The number of piperazine rings is 1. The summed E-state index contributed by atoms with van der Waals surface area (Å²) in [6, 6.07) is 7.47. The number of amides is 1. The predicted molar refractivity (Wildman–Crippen MR) is 102 cm³/mol. The van der Waals surface area contributed by atoms with Crippen LogP contribution in [0.15, 0.2) is 34.9 Å². The first-order valence-corrected chi connectivity index (χ1v) is 9.49. The number of hydrogen-bond acceptors (Lipinski definition) is 5. The first kappa shape index (κ1) is 18.9. The molecule has 6 nitrogen and oxygen atoms in total. The van der Waals surface area contributed by atoms with Gasteiger partial charge in [-0.05, 0) is 25.1 Å². The summed E-state index contributed by atoms with van der Waals surface area (Å²) in [4.78, 5) is 18.6. The van der Waals surface area contributed by atoms with Crippen LogP contribution < -0.4 is 10.6 Å². The van der Waals surface area contributed by atoms with Gasteiger partial charge in [0.25, 0.3) is 0 Å². The third-order valence-corrected chi connectivity index (χ3v) is 4.77. The van der Waals surface area contributed by atoms with Crippen LogP contribution in [0.2, 0.25) is 5.02 Å². The normalized spacial score (nSPS) is 15.1. The topological polar surface area (TPSA) is 70.4 Å². The standard InChI is InChI=1S/C19H25ClN4O2/c20-16-5-2-1-4-15(16)17-14-23-19(26-17)7-6-18(25)22-8-3-11-24-12-9-21-10-13-24/h1-2,4-5,14,21H,3,6-13H2,(H,22,25). The first-order chi connectivity index (χ1) is 12.7. The van der Waals surface area contributed by atoms with E-state index in [4.69, 9.17) is 16.0 Å². The van der Waals surface area contributed by atoms with Gasteiger partial charge in [-0.2, -0.15) is 0 Å². The van der Waals surface area contributed by atoms with Gasteiger partial charge in [0.15, 0.2) is 11.7 Å². The molecule has 0 bridgehead atoms. The third-order valence-electron chi connectivity index (χ3n) is 4.44. The average Bonchev–Trinajstić information content (AvgIpc) is 3.13. The molecule has 1 aromatic heterocycles. The number of benzene rings is 1. The Morgan fingerprint density at radius 1 is 1.31 bits per heavy atom. The van der Waals surface area contributed by atoms with Crippen molar-refractivity contribution in [3.05, 3.63) is 41.4 Å². The van der Waals surface area contributed by atoms with Crippen LogP contribution in [-0.2, 0) is 11.2 Å². The second-order valence-corrected chi connectivity index (χ2v) is 6.80. The molecule has 140 valence electrons. The second kappa shape index (κ2) is 9.71. The minimum absolute atomic E-state index is 0.0304. The van der Waals surface area contributed by atoms with Gasteiger partial charge in [0.05, 0.1) is 11.2 Å². The maximum atomic E-state index is 12.0. The molecule has 2 heterocycles. The largest absolute Gasteiger partial charge is 0.441 e. The number of hydrogen-bond donors (Lipinski definition) is 2. The summed E-state index contributed by atoms with van der Waals surface area (Å²) in [7, 11) is 0. The molecule has 1 amide bonds. The van der Waals surface area contributed by atoms with Gasteiger partial charge in [-0.3, -0.25) is 4.79 Å². The molecular formula is C19H25ClN4O2. The maximum absolute atomic E-state index is 12.0. The fourth-order valence-electron chi connectivity index (χ4n) is 2.99. The minimum atomic E-state index is 0.0304. The highest BCUT2D eigenvalue weighted by Crippen LogP contribution is 2.28. The number of oxazole rings is 1. The van der Waals surface area contributed by atoms with Crippen LogP contribution in [-0.4, -0.2) is 55.1 Å². The molecule has 7 heteroatoms. The molecule has 1 fully saturated rings. The van der Waals surface area contributed by atoms with Gasteiger partial charge in [0, 0.05) is 51.1 Å². The van der Waals surface area contributed by atoms with E-state index in [0.717, 1.165) is 44.7 Å². The highest BCUT2D eigenvalue weighted by atomic mass is 35.5. The fraction of sp³-hybridized carbons (Fsp3) is 0.474. The smallest absolute Gasteiger partial charge is 0.220 e. The molecule has 0 spiro atoms. The van der Waals surface area contributed by atoms with Crippen LogP contribution in [0.25, 0.3) is 11.3 Å². The Morgan fingerprint density at radius 3 is 2.92 bits per heavy atom. The van der Waals surface area contributed by atoms with Crippen LogP contribution in [0.3, 0.4) is 0 Å². The molecule has 3 rings (SSSR count). The van der Waals surface area contributed by atoms with Gasteiger partial charge >= 0.3 is 0 Å². The highest BCUT2D eigenvalue weighted by molar-refractivity contribution is 6.33. The molecule has 0 atom stereocenters. The lowest BCUT2D eigenvalue weighted by Gasteiger charge is -2.27. The lowest BCUT2D eigenvalue weighted by Crippen LogP contribution is -2.44. The van der Waals surface area contributed by atoms with Gasteiger partial charge in [-0.1, -0.05) is 23.7 Å². The lowest BCUT2D eigenvalue weighted by molar-refractivity contribution is -0.121. The Morgan fingerprint density at radius 2 is 2.12 bits per heavy atom. The predicted octanol–water partition coefficient (Wildman–Crippen LogP) is 2.34. The van der Waals surface area contributed by atoms with E-state index in [-0.39, 0.29) is 5.91 Å². The number of carbonyl (C=O) groups excluding carboxylic acids is 1. The number of aromatic nitrogens is 1. The Kier molecular flexibility index (Phi) is 7.05. The van der Waals surface area contributed by atoms with Gasteiger partial charge in [-0.25, -0.2) is 4.98 Å². The molecule has 1 aliphatic heterocycles. The Bertz CT molecular complexity index is 713. The zero-order valence-corrected chi connectivity index (χ0v) is 15.6. The number of aryl methyl sites for hydroxylation is 1. The molecule has 1 saturated heterocycles. The summed E-state index contributed by atoms with van der Waals surface area (Å²) in [5.41, 5.74) is 0.810. The monoisotopic (exact) mass is 376 g/mol. The molecule has 26 heavy (non-hydrogen) atoms. The summed E-state index contributed by atoms with van der Waals surface area (Å²) in [5.74, 6) is 1.21. The molecular weight excluding hydrogens is 352 g/mol.